The number of hydrogen-bond acceptors (Lipinski definition) is 4. The number of benzene rings is 2. The molecule has 0 saturated carbocycles. The number of nitrogens with two attached hydrogens (primary N) is 1. The van der Waals surface area contributed by atoms with Crippen molar-refractivity contribution in [3.63, 3.8) is 0 Å². The SMILES string of the molecule is Cc1nc2cc(CNC(=O)c3cc(S(N)(=O)=O)ccc3F)ccc2n1C. The molecule has 0 fully saturated rings. The van der Waals surface area contributed by atoms with E-state index >= 15 is 0 Å². The van der Waals surface area contributed by atoms with Gasteiger partial charge in [-0.05, 0) is 42.8 Å². The lowest BCUT2D eigenvalue weighted by Gasteiger charge is -2.08. The van der Waals surface area contributed by atoms with E-state index in [1.165, 1.54) is 0 Å². The number of nitrogens with one attached hydrogen (secondary N) is 1. The van der Waals surface area contributed by atoms with Gasteiger partial charge in [0.15, 0.2) is 0 Å². The molecule has 0 aliphatic carbocycles. The van der Waals surface area contributed by atoms with E-state index in [4.69, 9.17) is 5.14 Å². The van der Waals surface area contributed by atoms with E-state index in [-0.39, 0.29) is 17.0 Å². The van der Waals surface area contributed by atoms with Crippen LogP contribution >= 0.6 is 0 Å². The molecule has 0 saturated heterocycles. The number of carbonyl (C=O) groups excluding carboxylic acids is 1. The summed E-state index contributed by atoms with van der Waals surface area (Å²) >= 11 is 0. The van der Waals surface area contributed by atoms with Crippen molar-refractivity contribution in [1.29, 1.82) is 0 Å². The van der Waals surface area contributed by atoms with E-state index in [0.717, 1.165) is 40.6 Å². The minimum atomic E-state index is -4.03. The van der Waals surface area contributed by atoms with Gasteiger partial charge in [0.05, 0.1) is 21.5 Å². The van der Waals surface area contributed by atoms with Crippen molar-refractivity contribution in [3.8, 4) is 0 Å². The molecule has 3 rings (SSSR count). The number of carbonyl (C=O) groups is 1. The smallest absolute Gasteiger partial charge is 0.254 e. The van der Waals surface area contributed by atoms with Crippen molar-refractivity contribution in [2.24, 2.45) is 12.2 Å². The lowest BCUT2D eigenvalue weighted by Crippen LogP contribution is -2.24. The number of aryl methyl sites for hydroxylation is 2. The molecule has 3 aromatic rings. The van der Waals surface area contributed by atoms with Crippen LogP contribution in [0.1, 0.15) is 21.7 Å². The first-order chi connectivity index (χ1) is 12.2. The molecule has 0 aliphatic heterocycles. The van der Waals surface area contributed by atoms with Crippen LogP contribution in [0.3, 0.4) is 0 Å². The maximum atomic E-state index is 13.9. The van der Waals surface area contributed by atoms with Crippen LogP contribution in [0.5, 0.6) is 0 Å². The summed E-state index contributed by atoms with van der Waals surface area (Å²) in [7, 11) is -2.12. The summed E-state index contributed by atoms with van der Waals surface area (Å²) in [5, 5.41) is 7.59. The Morgan fingerprint density at radius 2 is 2.00 bits per heavy atom. The molecule has 0 unspecified atom stereocenters. The Labute approximate surface area is 149 Å². The van der Waals surface area contributed by atoms with Gasteiger partial charge in [-0.15, -0.1) is 0 Å². The number of hydrogen-bond donors (Lipinski definition) is 2. The highest BCUT2D eigenvalue weighted by molar-refractivity contribution is 7.89. The zero-order valence-corrected chi connectivity index (χ0v) is 15.0. The van der Waals surface area contributed by atoms with E-state index in [1.54, 1.807) is 0 Å². The minimum absolute atomic E-state index is 0.142. The highest BCUT2D eigenvalue weighted by atomic mass is 32.2. The van der Waals surface area contributed by atoms with Crippen molar-refractivity contribution < 1.29 is 17.6 Å². The number of primary sulfonamides is 1. The fourth-order valence-corrected chi connectivity index (χ4v) is 3.15. The van der Waals surface area contributed by atoms with Crippen LogP contribution in [0.25, 0.3) is 11.0 Å². The highest BCUT2D eigenvalue weighted by Crippen LogP contribution is 2.17. The molecule has 2 aromatic carbocycles. The number of imidazole rings is 1. The molecule has 1 heterocycles. The molecule has 1 aromatic heterocycles. The highest BCUT2D eigenvalue weighted by Gasteiger charge is 2.17. The summed E-state index contributed by atoms with van der Waals surface area (Å²) in [5.41, 5.74) is 2.15. The van der Waals surface area contributed by atoms with E-state index in [1.807, 2.05) is 36.7 Å². The summed E-state index contributed by atoms with van der Waals surface area (Å²) in [6.07, 6.45) is 0. The van der Waals surface area contributed by atoms with Gasteiger partial charge in [0.2, 0.25) is 10.0 Å². The van der Waals surface area contributed by atoms with Crippen molar-refractivity contribution in [3.05, 3.63) is 59.2 Å². The van der Waals surface area contributed by atoms with E-state index in [2.05, 4.69) is 10.3 Å². The average Bonchev–Trinajstić information content (AvgIpc) is 2.86. The Bertz CT molecular complexity index is 1120. The number of rotatable bonds is 4. The molecule has 0 atom stereocenters. The molecule has 1 amide bonds. The maximum absolute atomic E-state index is 13.9. The van der Waals surface area contributed by atoms with Gasteiger partial charge in [-0.1, -0.05) is 6.07 Å². The lowest BCUT2D eigenvalue weighted by atomic mass is 10.1. The number of sulfonamides is 1. The minimum Gasteiger partial charge on any atom is -0.348 e. The largest absolute Gasteiger partial charge is 0.348 e. The monoisotopic (exact) mass is 376 g/mol. The Morgan fingerprint density at radius 3 is 2.69 bits per heavy atom. The first-order valence-electron chi connectivity index (χ1n) is 7.69. The van der Waals surface area contributed by atoms with Gasteiger partial charge in [0, 0.05) is 13.6 Å². The summed E-state index contributed by atoms with van der Waals surface area (Å²) in [4.78, 5) is 16.3. The average molecular weight is 376 g/mol. The van der Waals surface area contributed by atoms with Crippen molar-refractivity contribution in [2.75, 3.05) is 0 Å². The summed E-state index contributed by atoms with van der Waals surface area (Å²) < 4.78 is 38.6. The number of aromatic nitrogens is 2. The second-order valence-corrected chi connectivity index (χ2v) is 7.47. The van der Waals surface area contributed by atoms with Gasteiger partial charge in [-0.2, -0.15) is 0 Å². The van der Waals surface area contributed by atoms with Gasteiger partial charge >= 0.3 is 0 Å². The summed E-state index contributed by atoms with van der Waals surface area (Å²) in [6.45, 7) is 2.03. The van der Waals surface area contributed by atoms with Gasteiger partial charge in [0.25, 0.3) is 5.91 Å². The molecule has 136 valence electrons. The Hall–Kier alpha value is -2.78. The normalized spacial score (nSPS) is 11.7. The molecule has 0 radical (unpaired) electrons. The zero-order valence-electron chi connectivity index (χ0n) is 14.2. The number of fused-ring (bicyclic) bond motifs is 1. The molecular formula is C17H17FN4O3S. The van der Waals surface area contributed by atoms with Crippen LogP contribution in [-0.2, 0) is 23.6 Å². The molecule has 0 aliphatic rings. The fourth-order valence-electron chi connectivity index (χ4n) is 2.61. The molecule has 3 N–H and O–H groups in total. The van der Waals surface area contributed by atoms with Crippen LogP contribution in [0.2, 0.25) is 0 Å². The summed E-state index contributed by atoms with van der Waals surface area (Å²) in [6, 6.07) is 8.39. The third kappa shape index (κ3) is 3.44. The zero-order chi connectivity index (χ0) is 19.1. The van der Waals surface area contributed by atoms with Crippen LogP contribution in [0, 0.1) is 12.7 Å². The van der Waals surface area contributed by atoms with Crippen molar-refractivity contribution in [1.82, 2.24) is 14.9 Å². The molecule has 7 nitrogen and oxygen atoms in total. The van der Waals surface area contributed by atoms with Crippen molar-refractivity contribution >= 4 is 27.0 Å². The van der Waals surface area contributed by atoms with E-state index in [9.17, 15) is 17.6 Å². The Kier molecular flexibility index (Phi) is 4.51. The first-order valence-corrected chi connectivity index (χ1v) is 9.24. The Balaban J connectivity index is 1.81. The molecule has 0 bridgehead atoms. The van der Waals surface area contributed by atoms with E-state index in [0.29, 0.717) is 0 Å². The van der Waals surface area contributed by atoms with Gasteiger partial charge < -0.3 is 9.88 Å². The van der Waals surface area contributed by atoms with Crippen LogP contribution in [0.15, 0.2) is 41.3 Å². The quantitative estimate of drug-likeness (QED) is 0.721. The predicted octanol–water partition coefficient (Wildman–Crippen LogP) is 1.60. The molecule has 9 heteroatoms. The maximum Gasteiger partial charge on any atom is 0.254 e. The second kappa shape index (κ2) is 6.50. The molecule has 0 spiro atoms. The van der Waals surface area contributed by atoms with Gasteiger partial charge in [0.1, 0.15) is 11.6 Å². The lowest BCUT2D eigenvalue weighted by molar-refractivity contribution is 0.0946. The van der Waals surface area contributed by atoms with Crippen molar-refractivity contribution in [2.45, 2.75) is 18.4 Å². The van der Waals surface area contributed by atoms with E-state index < -0.39 is 21.7 Å². The van der Waals surface area contributed by atoms with Crippen LogP contribution in [-0.4, -0.2) is 23.9 Å². The van der Waals surface area contributed by atoms with Crippen LogP contribution in [0.4, 0.5) is 4.39 Å². The topological polar surface area (TPSA) is 107 Å². The third-order valence-electron chi connectivity index (χ3n) is 4.13. The standard InChI is InChI=1S/C17H17FN4O3S/c1-10-21-15-7-11(3-6-16(15)22(10)2)9-20-17(23)13-8-12(26(19,24)25)4-5-14(13)18/h3-8H,9H2,1-2H3,(H,20,23)(H2,19,24,25). The van der Waals surface area contributed by atoms with Crippen LogP contribution < -0.4 is 10.5 Å². The second-order valence-electron chi connectivity index (χ2n) is 5.91. The molecule has 26 heavy (non-hydrogen) atoms. The third-order valence-corrected chi connectivity index (χ3v) is 5.04. The Morgan fingerprint density at radius 1 is 1.27 bits per heavy atom. The number of nitrogens with zero attached hydrogens (tertiary/aromatic N) is 2. The number of halogens is 1. The van der Waals surface area contributed by atoms with Gasteiger partial charge in [-0.3, -0.25) is 4.79 Å². The number of amides is 1. The predicted molar refractivity (Wildman–Crippen MR) is 94.4 cm³/mol. The first kappa shape index (κ1) is 18.0. The molecular weight excluding hydrogens is 359 g/mol. The fraction of sp³-hybridized carbons (Fsp3) is 0.176. The van der Waals surface area contributed by atoms with Gasteiger partial charge in [-0.25, -0.2) is 22.9 Å². The summed E-state index contributed by atoms with van der Waals surface area (Å²) in [5.74, 6) is -0.695.